The van der Waals surface area contributed by atoms with Crippen LogP contribution in [-0.4, -0.2) is 28.9 Å². The van der Waals surface area contributed by atoms with Crippen LogP contribution in [0.15, 0.2) is 0 Å². The Labute approximate surface area is 167 Å². The number of amides is 4. The van der Waals surface area contributed by atoms with Crippen LogP contribution in [0.4, 0.5) is 4.79 Å². The van der Waals surface area contributed by atoms with Crippen LogP contribution in [0.1, 0.15) is 39.0 Å². The number of hydrogen-bond donors (Lipinski definition) is 1. The number of hydrogen-bond acceptors (Lipinski definition) is 4. The number of carbonyl (C=O) groups excluding carboxylic acids is 3. The Morgan fingerprint density at radius 2 is 1.67 bits per heavy atom. The summed E-state index contributed by atoms with van der Waals surface area (Å²) in [7, 11) is 0. The maximum absolute atomic E-state index is 11.3. The van der Waals surface area contributed by atoms with E-state index >= 15 is 0 Å². The van der Waals surface area contributed by atoms with Crippen LogP contribution in [0.3, 0.4) is 0 Å². The molecule has 21 heavy (non-hydrogen) atoms. The molecule has 1 rings (SSSR count). The third kappa shape index (κ3) is 7.76. The molecule has 0 aromatic heterocycles. The van der Waals surface area contributed by atoms with E-state index in [1.165, 1.54) is 0 Å². The van der Waals surface area contributed by atoms with Gasteiger partial charge in [-0.1, -0.05) is 19.8 Å². The zero-order valence-corrected chi connectivity index (χ0v) is 16.7. The van der Waals surface area contributed by atoms with Gasteiger partial charge in [-0.05, 0) is 25.3 Å². The van der Waals surface area contributed by atoms with Gasteiger partial charge in [0.2, 0.25) is 0 Å². The van der Waals surface area contributed by atoms with Crippen LogP contribution in [0.25, 0.3) is 10.6 Å². The van der Waals surface area contributed by atoms with Crippen LogP contribution < -0.4 is 59.1 Å². The number of aliphatic carboxylic acids is 1. The predicted octanol–water partition coefficient (Wildman–Crippen LogP) is -3.78. The minimum atomic E-state index is -1.04. The molecule has 1 heterocycles. The fraction of sp³-hybridized carbons (Fsp3) is 0.667. The van der Waals surface area contributed by atoms with Crippen molar-refractivity contribution in [1.82, 2.24) is 0 Å². The van der Waals surface area contributed by atoms with Crippen molar-refractivity contribution in [3.8, 4) is 0 Å². The molecule has 106 valence electrons. The molecule has 0 radical (unpaired) electrons. The number of nitrogens with zero attached hydrogens (tertiary/aromatic N) is 2. The Kier molecular flexibility index (Phi) is 12.9. The molecule has 0 spiro atoms. The number of rotatable bonds is 7. The van der Waals surface area contributed by atoms with Gasteiger partial charge in [0, 0.05) is 5.92 Å². The Bertz CT molecular complexity index is 383. The molecule has 0 bridgehead atoms. The van der Waals surface area contributed by atoms with E-state index in [2.05, 4.69) is 10.6 Å². The first-order valence-corrected chi connectivity index (χ1v) is 6.23. The van der Waals surface area contributed by atoms with E-state index < -0.39 is 35.7 Å². The Balaban J connectivity index is 0. The second-order valence-corrected chi connectivity index (χ2v) is 4.46. The summed E-state index contributed by atoms with van der Waals surface area (Å²) in [5.74, 6) is -3.68. The van der Waals surface area contributed by atoms with Crippen molar-refractivity contribution < 1.29 is 83.4 Å². The summed E-state index contributed by atoms with van der Waals surface area (Å²) in [5, 5.41) is 15.1. The largest absolute Gasteiger partial charge is 1.00 e. The summed E-state index contributed by atoms with van der Waals surface area (Å²) >= 11 is 0. The summed E-state index contributed by atoms with van der Waals surface area (Å²) in [6, 6.07) is -1.04. The number of carboxylic acids is 1. The smallest absolute Gasteiger partial charge is 0.611 e. The fourth-order valence-corrected chi connectivity index (χ4v) is 1.96. The van der Waals surface area contributed by atoms with Gasteiger partial charge in [0.15, 0.2) is 0 Å². The number of barbiturate groups is 1. The summed E-state index contributed by atoms with van der Waals surface area (Å²) in [5.41, 5.74) is 0. The van der Waals surface area contributed by atoms with Crippen LogP contribution in [0.5, 0.6) is 0 Å². The number of urea groups is 1. The molecule has 1 atom stereocenters. The van der Waals surface area contributed by atoms with Gasteiger partial charge >= 0.3 is 65.1 Å². The average molecular weight is 314 g/mol. The van der Waals surface area contributed by atoms with Crippen LogP contribution >= 0.6 is 0 Å². The van der Waals surface area contributed by atoms with Crippen molar-refractivity contribution in [2.24, 2.45) is 11.8 Å². The van der Waals surface area contributed by atoms with Crippen LogP contribution in [0, 0.1) is 11.8 Å². The topological polar surface area (TPSA) is 117 Å². The van der Waals surface area contributed by atoms with Crippen LogP contribution in [0.2, 0.25) is 0 Å². The first-order chi connectivity index (χ1) is 8.95. The van der Waals surface area contributed by atoms with E-state index in [4.69, 9.17) is 5.11 Å². The van der Waals surface area contributed by atoms with Crippen molar-refractivity contribution in [2.45, 2.75) is 39.0 Å². The molecule has 1 fully saturated rings. The molecule has 1 aliphatic heterocycles. The molecular weight excluding hydrogens is 298 g/mol. The number of carbonyl (C=O) groups is 4. The van der Waals surface area contributed by atoms with Crippen LogP contribution in [-0.2, 0) is 14.4 Å². The van der Waals surface area contributed by atoms with Gasteiger partial charge in [0.25, 0.3) is 0 Å². The first kappa shape index (κ1) is 23.3. The molecule has 9 heteroatoms. The van der Waals surface area contributed by atoms with Crippen molar-refractivity contribution in [1.29, 1.82) is 0 Å². The second kappa shape index (κ2) is 11.6. The van der Waals surface area contributed by atoms with Crippen molar-refractivity contribution in [3.05, 3.63) is 10.6 Å². The van der Waals surface area contributed by atoms with Gasteiger partial charge in [-0.15, -0.1) is 0 Å². The van der Waals surface area contributed by atoms with Gasteiger partial charge in [-0.2, -0.15) is 0 Å². The number of imide groups is 2. The van der Waals surface area contributed by atoms with E-state index in [1.54, 1.807) is 6.92 Å². The summed E-state index contributed by atoms with van der Waals surface area (Å²) in [6.07, 6.45) is 2.46. The van der Waals surface area contributed by atoms with Crippen molar-refractivity contribution in [2.75, 3.05) is 0 Å². The standard InChI is InChI=1S/C12H18N2O5.2Na/c1-2-7(11(17)18)5-3-4-6-8-9(15)13-12(19)14-10(8)16;;/h7-8H,2-6H2,1H3,(H3,13,14,15,16,17,18,19);;/q;2*+1/p-2. The maximum Gasteiger partial charge on any atom is 1.00 e. The third-order valence-corrected chi connectivity index (χ3v) is 3.15. The van der Waals surface area contributed by atoms with Crippen molar-refractivity contribution >= 4 is 23.8 Å². The summed E-state index contributed by atoms with van der Waals surface area (Å²) in [4.78, 5) is 44.2. The molecule has 0 aliphatic carbocycles. The Morgan fingerprint density at radius 3 is 2.10 bits per heavy atom. The number of unbranched alkanes of at least 4 members (excludes halogenated alkanes) is 1. The average Bonchev–Trinajstić information content (AvgIpc) is 2.31. The van der Waals surface area contributed by atoms with Gasteiger partial charge in [-0.3, -0.25) is 4.79 Å². The number of carboxylic acid groups (broad SMARTS) is 1. The van der Waals surface area contributed by atoms with E-state index in [1.807, 2.05) is 0 Å². The summed E-state index contributed by atoms with van der Waals surface area (Å²) in [6.45, 7) is 1.80. The predicted molar refractivity (Wildman–Crippen MR) is 65.5 cm³/mol. The Morgan fingerprint density at radius 1 is 1.14 bits per heavy atom. The molecule has 1 N–H and O–H groups in total. The molecule has 1 aliphatic rings. The van der Waals surface area contributed by atoms with E-state index in [0.717, 1.165) is 0 Å². The quantitative estimate of drug-likeness (QED) is 0.294. The van der Waals surface area contributed by atoms with E-state index in [0.29, 0.717) is 25.7 Å². The van der Waals surface area contributed by atoms with Gasteiger partial charge in [0.1, 0.15) is 0 Å². The molecule has 1 unspecified atom stereocenters. The minimum absolute atomic E-state index is 0. The molecule has 4 amide bonds. The molecule has 0 aromatic carbocycles. The van der Waals surface area contributed by atoms with E-state index in [9.17, 15) is 19.2 Å². The molecule has 0 saturated carbocycles. The zero-order valence-electron chi connectivity index (χ0n) is 12.7. The van der Waals surface area contributed by atoms with E-state index in [-0.39, 0.29) is 65.5 Å². The molecule has 1 saturated heterocycles. The molecule has 0 aromatic rings. The zero-order chi connectivity index (χ0) is 14.4. The van der Waals surface area contributed by atoms with Gasteiger partial charge < -0.3 is 30.1 Å². The third-order valence-electron chi connectivity index (χ3n) is 3.15. The maximum atomic E-state index is 11.3. The first-order valence-electron chi connectivity index (χ1n) is 6.23. The fourth-order valence-electron chi connectivity index (χ4n) is 1.96. The second-order valence-electron chi connectivity index (χ2n) is 4.46. The molecule has 7 nitrogen and oxygen atoms in total. The minimum Gasteiger partial charge on any atom is -0.611 e. The monoisotopic (exact) mass is 314 g/mol. The Hall–Kier alpha value is 0.0800. The van der Waals surface area contributed by atoms with Gasteiger partial charge in [0.05, 0.1) is 17.7 Å². The van der Waals surface area contributed by atoms with Gasteiger partial charge in [-0.25, -0.2) is 0 Å². The molecular formula is C12H16N2Na2O5. The SMILES string of the molecule is CCC(CCCCC1C(=O)[N-]C(=O)[N-]C1=O)C(=O)O.[Na+].[Na+]. The van der Waals surface area contributed by atoms with Crippen molar-refractivity contribution in [3.63, 3.8) is 0 Å². The summed E-state index contributed by atoms with van der Waals surface area (Å²) < 4.78 is 0. The normalized spacial score (nSPS) is 16.1.